The fourth-order valence-electron chi connectivity index (χ4n) is 3.15. The van der Waals surface area contributed by atoms with E-state index in [1.54, 1.807) is 42.5 Å². The molecule has 0 N–H and O–H groups in total. The van der Waals surface area contributed by atoms with Crippen molar-refractivity contribution in [3.8, 4) is 11.5 Å². The second kappa shape index (κ2) is 9.26. The Bertz CT molecular complexity index is 1160. The van der Waals surface area contributed by atoms with Gasteiger partial charge in [-0.15, -0.1) is 0 Å². The van der Waals surface area contributed by atoms with Crippen molar-refractivity contribution in [1.82, 2.24) is 0 Å². The first kappa shape index (κ1) is 20.3. The monoisotopic (exact) mass is 417 g/mol. The summed E-state index contributed by atoms with van der Waals surface area (Å²) in [5.74, 6) is 0.141. The third-order valence-corrected chi connectivity index (χ3v) is 4.66. The molecule has 156 valence electrons. The zero-order chi connectivity index (χ0) is 21.6. The Hall–Kier alpha value is -3.93. The number of carbonyl (C=O) groups excluding carboxylic acids is 1. The molecule has 6 heteroatoms. The molecule has 3 aromatic carbocycles. The van der Waals surface area contributed by atoms with Crippen molar-refractivity contribution in [2.24, 2.45) is 5.16 Å². The Morgan fingerprint density at radius 1 is 0.968 bits per heavy atom. The van der Waals surface area contributed by atoms with Gasteiger partial charge in [0.15, 0.2) is 11.5 Å². The highest BCUT2D eigenvalue weighted by Gasteiger charge is 2.26. The lowest BCUT2D eigenvalue weighted by Gasteiger charge is -2.13. The minimum atomic E-state index is -0.517. The van der Waals surface area contributed by atoms with Crippen molar-refractivity contribution in [1.29, 1.82) is 0 Å². The summed E-state index contributed by atoms with van der Waals surface area (Å²) in [6.07, 6.45) is 1.70. The number of benzene rings is 3. The number of ether oxygens (including phenoxy) is 2. The largest absolute Gasteiger partial charge is 0.490 e. The highest BCUT2D eigenvalue weighted by molar-refractivity contribution is 6.31. The van der Waals surface area contributed by atoms with Crippen LogP contribution in [-0.2, 0) is 16.2 Å². The summed E-state index contributed by atoms with van der Waals surface area (Å²) in [4.78, 5) is 17.1. The van der Waals surface area contributed by atoms with Crippen LogP contribution in [0.15, 0.2) is 83.5 Å². The van der Waals surface area contributed by atoms with E-state index in [2.05, 4.69) is 5.16 Å². The van der Waals surface area contributed by atoms with Gasteiger partial charge >= 0.3 is 5.97 Å². The molecule has 0 spiro atoms. The van der Waals surface area contributed by atoms with E-state index in [1.807, 2.05) is 37.3 Å². The van der Waals surface area contributed by atoms with Gasteiger partial charge in [0.25, 0.3) is 0 Å². The Morgan fingerprint density at radius 2 is 1.74 bits per heavy atom. The maximum atomic E-state index is 13.9. The van der Waals surface area contributed by atoms with E-state index in [0.717, 1.165) is 11.1 Å². The van der Waals surface area contributed by atoms with Gasteiger partial charge in [0.05, 0.1) is 12.2 Å². The van der Waals surface area contributed by atoms with E-state index < -0.39 is 5.97 Å². The lowest BCUT2D eigenvalue weighted by atomic mass is 10.0. The number of hydrogen-bond acceptors (Lipinski definition) is 5. The van der Waals surface area contributed by atoms with E-state index in [1.165, 1.54) is 6.07 Å². The van der Waals surface area contributed by atoms with Gasteiger partial charge in [-0.1, -0.05) is 59.8 Å². The Kier molecular flexibility index (Phi) is 6.08. The number of carbonyl (C=O) groups is 1. The molecule has 1 aliphatic rings. The third-order valence-electron chi connectivity index (χ3n) is 4.66. The Balaban J connectivity index is 1.60. The van der Waals surface area contributed by atoms with E-state index in [9.17, 15) is 9.18 Å². The second-order valence-electron chi connectivity index (χ2n) is 6.76. The van der Waals surface area contributed by atoms with Gasteiger partial charge in [-0.2, -0.15) is 0 Å². The number of oxime groups is 1. The van der Waals surface area contributed by atoms with Crippen LogP contribution in [0, 0.1) is 5.82 Å². The highest BCUT2D eigenvalue weighted by Crippen LogP contribution is 2.31. The molecular formula is C25H20FNO4. The molecule has 0 aromatic heterocycles. The predicted molar refractivity (Wildman–Crippen MR) is 115 cm³/mol. The summed E-state index contributed by atoms with van der Waals surface area (Å²) in [5, 5.41) is 3.92. The molecule has 0 saturated carbocycles. The molecule has 0 fully saturated rings. The summed E-state index contributed by atoms with van der Waals surface area (Å²) in [6.45, 7) is 2.36. The molecular weight excluding hydrogens is 397 g/mol. The molecule has 0 saturated heterocycles. The minimum absolute atomic E-state index is 0.0737. The second-order valence-corrected chi connectivity index (χ2v) is 6.76. The van der Waals surface area contributed by atoms with E-state index in [4.69, 9.17) is 14.3 Å². The van der Waals surface area contributed by atoms with E-state index in [0.29, 0.717) is 35.0 Å². The summed E-state index contributed by atoms with van der Waals surface area (Å²) in [6, 6.07) is 21.1. The lowest BCUT2D eigenvalue weighted by molar-refractivity contribution is -0.136. The van der Waals surface area contributed by atoms with Gasteiger partial charge in [0.1, 0.15) is 18.1 Å². The van der Waals surface area contributed by atoms with Crippen LogP contribution in [0.4, 0.5) is 4.39 Å². The molecule has 0 atom stereocenters. The quantitative estimate of drug-likeness (QED) is 0.394. The first-order valence-corrected chi connectivity index (χ1v) is 9.85. The SMILES string of the molecule is CCOc1cc(C=C2C(=O)ON=C2c2ccccc2)ccc1OCc1ccccc1F. The minimum Gasteiger partial charge on any atom is -0.490 e. The fourth-order valence-corrected chi connectivity index (χ4v) is 3.15. The topological polar surface area (TPSA) is 57.1 Å². The molecule has 0 amide bonds. The van der Waals surface area contributed by atoms with Gasteiger partial charge in [0, 0.05) is 11.1 Å². The molecule has 0 radical (unpaired) electrons. The average Bonchev–Trinajstić information content (AvgIpc) is 3.15. The van der Waals surface area contributed by atoms with E-state index >= 15 is 0 Å². The Morgan fingerprint density at radius 3 is 2.52 bits per heavy atom. The molecule has 31 heavy (non-hydrogen) atoms. The van der Waals surface area contributed by atoms with Crippen molar-refractivity contribution in [3.05, 3.63) is 101 Å². The Labute approximate surface area is 179 Å². The van der Waals surface area contributed by atoms with Crippen molar-refractivity contribution >= 4 is 17.8 Å². The molecule has 3 aromatic rings. The van der Waals surface area contributed by atoms with Crippen molar-refractivity contribution in [3.63, 3.8) is 0 Å². The van der Waals surface area contributed by atoms with Crippen molar-refractivity contribution < 1.29 is 23.5 Å². The van der Waals surface area contributed by atoms with Crippen LogP contribution in [0.3, 0.4) is 0 Å². The molecule has 4 rings (SSSR count). The zero-order valence-electron chi connectivity index (χ0n) is 16.9. The maximum Gasteiger partial charge on any atom is 0.368 e. The molecule has 0 aliphatic carbocycles. The van der Waals surface area contributed by atoms with Crippen LogP contribution in [0.2, 0.25) is 0 Å². The van der Waals surface area contributed by atoms with E-state index in [-0.39, 0.29) is 12.4 Å². The first-order valence-electron chi connectivity index (χ1n) is 9.85. The molecule has 5 nitrogen and oxygen atoms in total. The summed E-state index contributed by atoms with van der Waals surface area (Å²) in [5.41, 5.74) is 2.79. The zero-order valence-corrected chi connectivity index (χ0v) is 16.9. The van der Waals surface area contributed by atoms with Gasteiger partial charge in [0.2, 0.25) is 0 Å². The van der Waals surface area contributed by atoms with Crippen LogP contribution in [0.1, 0.15) is 23.6 Å². The van der Waals surface area contributed by atoms with Crippen molar-refractivity contribution in [2.75, 3.05) is 6.61 Å². The lowest BCUT2D eigenvalue weighted by Crippen LogP contribution is -2.07. The van der Waals surface area contributed by atoms with Crippen LogP contribution < -0.4 is 9.47 Å². The summed E-state index contributed by atoms with van der Waals surface area (Å²) >= 11 is 0. The average molecular weight is 417 g/mol. The fraction of sp³-hybridized carbons (Fsp3) is 0.120. The number of halogens is 1. The summed E-state index contributed by atoms with van der Waals surface area (Å²) in [7, 11) is 0. The highest BCUT2D eigenvalue weighted by atomic mass is 19.1. The third kappa shape index (κ3) is 4.64. The first-order chi connectivity index (χ1) is 15.2. The van der Waals surface area contributed by atoms with Crippen molar-refractivity contribution in [2.45, 2.75) is 13.5 Å². The standard InChI is InChI=1S/C25H20FNO4/c1-2-29-23-15-17(12-13-22(23)30-16-19-10-6-7-11-21(19)26)14-20-24(27-31-25(20)28)18-8-4-3-5-9-18/h3-15H,2,16H2,1H3. The van der Waals surface area contributed by atoms with Gasteiger partial charge in [-0.3, -0.25) is 0 Å². The van der Waals surface area contributed by atoms with Gasteiger partial charge in [-0.25, -0.2) is 9.18 Å². The van der Waals surface area contributed by atoms with Crippen LogP contribution >= 0.6 is 0 Å². The molecule has 1 heterocycles. The number of hydrogen-bond donors (Lipinski definition) is 0. The van der Waals surface area contributed by atoms with Crippen LogP contribution in [-0.4, -0.2) is 18.3 Å². The maximum absolute atomic E-state index is 13.9. The van der Waals surface area contributed by atoms with Gasteiger partial charge in [-0.05, 0) is 36.8 Å². The number of nitrogens with zero attached hydrogens (tertiary/aromatic N) is 1. The smallest absolute Gasteiger partial charge is 0.368 e. The molecule has 1 aliphatic heterocycles. The number of rotatable bonds is 7. The van der Waals surface area contributed by atoms with Crippen LogP contribution in [0.25, 0.3) is 6.08 Å². The molecule has 0 bridgehead atoms. The van der Waals surface area contributed by atoms with Gasteiger partial charge < -0.3 is 14.3 Å². The summed E-state index contributed by atoms with van der Waals surface area (Å²) < 4.78 is 25.4. The van der Waals surface area contributed by atoms with Crippen LogP contribution in [0.5, 0.6) is 11.5 Å². The molecule has 0 unspecified atom stereocenters. The predicted octanol–water partition coefficient (Wildman–Crippen LogP) is 5.15. The normalized spacial score (nSPS) is 14.3.